The average Bonchev–Trinajstić information content (AvgIpc) is 3.03. The topological polar surface area (TPSA) is 88.2 Å². The quantitative estimate of drug-likeness (QED) is 0.774. The lowest BCUT2D eigenvalue weighted by Crippen LogP contribution is -2.42. The minimum Gasteiger partial charge on any atom is -0.391 e. The van der Waals surface area contributed by atoms with Gasteiger partial charge in [-0.2, -0.15) is 4.98 Å². The number of aromatic nitrogens is 2. The van der Waals surface area contributed by atoms with E-state index in [1.54, 1.807) is 6.92 Å². The second-order valence-corrected chi connectivity index (χ2v) is 6.31. The first-order valence-corrected chi connectivity index (χ1v) is 8.29. The lowest BCUT2D eigenvalue weighted by molar-refractivity contribution is -0.122. The van der Waals surface area contributed by atoms with Crippen molar-refractivity contribution >= 4 is 5.91 Å². The Morgan fingerprint density at radius 3 is 2.58 bits per heavy atom. The largest absolute Gasteiger partial charge is 0.391 e. The number of nitrogens with one attached hydrogen (secondary N) is 1. The summed E-state index contributed by atoms with van der Waals surface area (Å²) in [6.45, 7) is 5.77. The molecule has 1 heterocycles. The van der Waals surface area contributed by atoms with Gasteiger partial charge in [0, 0.05) is 25.2 Å². The van der Waals surface area contributed by atoms with Crippen molar-refractivity contribution in [3.8, 4) is 0 Å². The Morgan fingerprint density at radius 2 is 1.96 bits per heavy atom. The van der Waals surface area contributed by atoms with Crippen LogP contribution in [-0.4, -0.2) is 33.3 Å². The summed E-state index contributed by atoms with van der Waals surface area (Å²) in [5.41, 5.74) is 1.04. The van der Waals surface area contributed by atoms with E-state index in [4.69, 9.17) is 4.52 Å². The number of carbonyl (C=O) groups excluding carboxylic acids is 1. The molecule has 2 aromatic rings. The van der Waals surface area contributed by atoms with Crippen molar-refractivity contribution in [2.24, 2.45) is 0 Å². The van der Waals surface area contributed by atoms with Gasteiger partial charge in [0.15, 0.2) is 5.82 Å². The normalized spacial score (nSPS) is 13.7. The second kappa shape index (κ2) is 8.59. The maximum atomic E-state index is 12.0. The van der Waals surface area contributed by atoms with Crippen molar-refractivity contribution in [3.05, 3.63) is 47.6 Å². The molecule has 0 bridgehead atoms. The molecule has 1 amide bonds. The van der Waals surface area contributed by atoms with Gasteiger partial charge in [-0.25, -0.2) is 0 Å². The molecule has 0 saturated carbocycles. The zero-order valence-corrected chi connectivity index (χ0v) is 14.4. The number of carbonyl (C=O) groups is 1. The molecule has 6 heteroatoms. The van der Waals surface area contributed by atoms with Crippen LogP contribution in [0.15, 0.2) is 34.9 Å². The third kappa shape index (κ3) is 5.45. The molecule has 2 atom stereocenters. The summed E-state index contributed by atoms with van der Waals surface area (Å²) in [7, 11) is 0. The molecule has 0 aliphatic carbocycles. The number of hydrogen-bond acceptors (Lipinski definition) is 5. The number of aliphatic hydroxyl groups excluding tert-OH is 1. The van der Waals surface area contributed by atoms with Gasteiger partial charge in [0.1, 0.15) is 0 Å². The van der Waals surface area contributed by atoms with Crippen molar-refractivity contribution in [3.63, 3.8) is 0 Å². The Labute approximate surface area is 142 Å². The number of nitrogens with zero attached hydrogens (tertiary/aromatic N) is 2. The number of hydrogen-bond donors (Lipinski definition) is 2. The minimum atomic E-state index is -0.632. The lowest BCUT2D eigenvalue weighted by Gasteiger charge is -2.20. The number of benzene rings is 1. The zero-order chi connectivity index (χ0) is 17.5. The lowest BCUT2D eigenvalue weighted by atomic mass is 10.0. The molecular formula is C18H25N3O3. The van der Waals surface area contributed by atoms with Crippen molar-refractivity contribution in [2.75, 3.05) is 0 Å². The van der Waals surface area contributed by atoms with E-state index in [9.17, 15) is 9.90 Å². The summed E-state index contributed by atoms with van der Waals surface area (Å²) in [5, 5.41) is 16.9. The molecule has 130 valence electrons. The van der Waals surface area contributed by atoms with E-state index in [0.717, 1.165) is 5.56 Å². The molecule has 0 aliphatic heterocycles. The number of aryl methyl sites for hydroxylation is 1. The van der Waals surface area contributed by atoms with Gasteiger partial charge in [0.25, 0.3) is 0 Å². The fraction of sp³-hybridized carbons (Fsp3) is 0.500. The zero-order valence-electron chi connectivity index (χ0n) is 14.4. The molecule has 0 fully saturated rings. The SMILES string of the molecule is CC(C)c1noc(CCC(=O)NC(C)C(O)Cc2ccccc2)n1. The number of rotatable bonds is 8. The van der Waals surface area contributed by atoms with Gasteiger partial charge in [-0.3, -0.25) is 4.79 Å². The summed E-state index contributed by atoms with van der Waals surface area (Å²) in [4.78, 5) is 16.3. The van der Waals surface area contributed by atoms with Crippen LogP contribution in [-0.2, 0) is 17.6 Å². The predicted octanol–water partition coefficient (Wildman–Crippen LogP) is 2.23. The standard InChI is InChI=1S/C18H25N3O3/c1-12(2)18-20-17(24-21-18)10-9-16(23)19-13(3)15(22)11-14-7-5-4-6-8-14/h4-8,12-13,15,22H,9-11H2,1-3H3,(H,19,23). The molecule has 6 nitrogen and oxygen atoms in total. The van der Waals surface area contributed by atoms with Crippen LogP contribution < -0.4 is 5.32 Å². The van der Waals surface area contributed by atoms with E-state index in [0.29, 0.717) is 24.6 Å². The van der Waals surface area contributed by atoms with Crippen LogP contribution in [0.25, 0.3) is 0 Å². The first-order chi connectivity index (χ1) is 11.5. The van der Waals surface area contributed by atoms with Gasteiger partial charge in [0.2, 0.25) is 11.8 Å². The first-order valence-electron chi connectivity index (χ1n) is 8.29. The van der Waals surface area contributed by atoms with Gasteiger partial charge in [0.05, 0.1) is 12.1 Å². The van der Waals surface area contributed by atoms with Gasteiger partial charge < -0.3 is 14.9 Å². The summed E-state index contributed by atoms with van der Waals surface area (Å²) >= 11 is 0. The monoisotopic (exact) mass is 331 g/mol. The van der Waals surface area contributed by atoms with E-state index in [2.05, 4.69) is 15.5 Å². The predicted molar refractivity (Wildman–Crippen MR) is 90.5 cm³/mol. The smallest absolute Gasteiger partial charge is 0.227 e. The highest BCUT2D eigenvalue weighted by atomic mass is 16.5. The summed E-state index contributed by atoms with van der Waals surface area (Å²) in [5.74, 6) is 1.17. The minimum absolute atomic E-state index is 0.140. The molecule has 2 N–H and O–H groups in total. The Balaban J connectivity index is 1.76. The van der Waals surface area contributed by atoms with Gasteiger partial charge in [-0.05, 0) is 12.5 Å². The van der Waals surface area contributed by atoms with Crippen molar-refractivity contribution in [1.29, 1.82) is 0 Å². The van der Waals surface area contributed by atoms with Crippen LogP contribution in [0.5, 0.6) is 0 Å². The van der Waals surface area contributed by atoms with E-state index in [-0.39, 0.29) is 24.3 Å². The van der Waals surface area contributed by atoms with Gasteiger partial charge in [-0.15, -0.1) is 0 Å². The van der Waals surface area contributed by atoms with Crippen LogP contribution in [0.1, 0.15) is 50.4 Å². The van der Waals surface area contributed by atoms with E-state index < -0.39 is 6.10 Å². The van der Waals surface area contributed by atoms with Crippen LogP contribution >= 0.6 is 0 Å². The highest BCUT2D eigenvalue weighted by Gasteiger charge is 2.18. The fourth-order valence-corrected chi connectivity index (χ4v) is 2.28. The van der Waals surface area contributed by atoms with E-state index in [1.807, 2.05) is 44.2 Å². The highest BCUT2D eigenvalue weighted by Crippen LogP contribution is 2.11. The summed E-state index contributed by atoms with van der Waals surface area (Å²) in [6.07, 6.45) is 0.520. The van der Waals surface area contributed by atoms with Gasteiger partial charge >= 0.3 is 0 Å². The van der Waals surface area contributed by atoms with E-state index in [1.165, 1.54) is 0 Å². The fourth-order valence-electron chi connectivity index (χ4n) is 2.28. The molecular weight excluding hydrogens is 306 g/mol. The van der Waals surface area contributed by atoms with Crippen molar-refractivity contribution < 1.29 is 14.4 Å². The third-order valence-electron chi connectivity index (χ3n) is 3.82. The molecule has 1 aromatic carbocycles. The highest BCUT2D eigenvalue weighted by molar-refractivity contribution is 5.76. The molecule has 1 aromatic heterocycles. The Hall–Kier alpha value is -2.21. The number of amides is 1. The van der Waals surface area contributed by atoms with Crippen LogP contribution in [0.3, 0.4) is 0 Å². The molecule has 0 aliphatic rings. The summed E-state index contributed by atoms with van der Waals surface area (Å²) in [6, 6.07) is 9.39. The van der Waals surface area contributed by atoms with E-state index >= 15 is 0 Å². The van der Waals surface area contributed by atoms with Crippen LogP contribution in [0.2, 0.25) is 0 Å². The molecule has 0 radical (unpaired) electrons. The molecule has 2 unspecified atom stereocenters. The Morgan fingerprint density at radius 1 is 1.25 bits per heavy atom. The average molecular weight is 331 g/mol. The molecule has 0 saturated heterocycles. The van der Waals surface area contributed by atoms with Gasteiger partial charge in [-0.1, -0.05) is 49.3 Å². The maximum Gasteiger partial charge on any atom is 0.227 e. The van der Waals surface area contributed by atoms with Crippen molar-refractivity contribution in [1.82, 2.24) is 15.5 Å². The van der Waals surface area contributed by atoms with Crippen LogP contribution in [0.4, 0.5) is 0 Å². The number of aliphatic hydroxyl groups is 1. The molecule has 0 spiro atoms. The van der Waals surface area contributed by atoms with Crippen LogP contribution in [0, 0.1) is 0 Å². The molecule has 2 rings (SSSR count). The first kappa shape index (κ1) is 18.1. The third-order valence-corrected chi connectivity index (χ3v) is 3.82. The molecule has 24 heavy (non-hydrogen) atoms. The summed E-state index contributed by atoms with van der Waals surface area (Å²) < 4.78 is 5.12. The Kier molecular flexibility index (Phi) is 6.49. The Bertz CT molecular complexity index is 640. The second-order valence-electron chi connectivity index (χ2n) is 6.31. The maximum absolute atomic E-state index is 12.0. The van der Waals surface area contributed by atoms with Crippen molar-refractivity contribution in [2.45, 2.75) is 58.1 Å².